The van der Waals surface area contributed by atoms with Crippen molar-refractivity contribution >= 4 is 10.0 Å². The average Bonchev–Trinajstić information content (AvgIpc) is 3.15. The van der Waals surface area contributed by atoms with E-state index in [4.69, 9.17) is 5.26 Å². The molecule has 1 aliphatic rings. The maximum Gasteiger partial charge on any atom is 0.243 e. The predicted molar refractivity (Wildman–Crippen MR) is 121 cm³/mol. The van der Waals surface area contributed by atoms with E-state index in [0.29, 0.717) is 49.1 Å². The molecule has 0 N–H and O–H groups in total. The molecule has 0 aliphatic carbocycles. The SMILES string of the molecule is Cc1ccc(C)c(S(=O)(=O)N2CCN(Cn3nc(C)nc3-c3ccc(C#N)cc3)CC2)c1. The molecule has 166 valence electrons. The Balaban J connectivity index is 1.47. The lowest BCUT2D eigenvalue weighted by Crippen LogP contribution is -2.49. The number of hydrogen-bond donors (Lipinski definition) is 0. The minimum Gasteiger partial charge on any atom is -0.282 e. The van der Waals surface area contributed by atoms with Crippen molar-refractivity contribution in [2.75, 3.05) is 26.2 Å². The monoisotopic (exact) mass is 450 g/mol. The number of benzene rings is 2. The van der Waals surface area contributed by atoms with Gasteiger partial charge in [-0.15, -0.1) is 0 Å². The van der Waals surface area contributed by atoms with Gasteiger partial charge in [-0.1, -0.05) is 12.1 Å². The molecule has 0 spiro atoms. The Morgan fingerprint density at radius 1 is 1.00 bits per heavy atom. The van der Waals surface area contributed by atoms with Crippen LogP contribution in [0.5, 0.6) is 0 Å². The van der Waals surface area contributed by atoms with Crippen molar-refractivity contribution in [3.63, 3.8) is 0 Å². The highest BCUT2D eigenvalue weighted by molar-refractivity contribution is 7.89. The Labute approximate surface area is 188 Å². The fourth-order valence-electron chi connectivity index (χ4n) is 3.89. The Morgan fingerprint density at radius 3 is 2.34 bits per heavy atom. The third-order valence-corrected chi connectivity index (χ3v) is 7.72. The molecule has 0 saturated carbocycles. The first-order valence-electron chi connectivity index (χ1n) is 10.5. The second kappa shape index (κ2) is 8.82. The topological polar surface area (TPSA) is 95.1 Å². The van der Waals surface area contributed by atoms with Gasteiger partial charge in [-0.25, -0.2) is 18.1 Å². The normalized spacial score (nSPS) is 15.6. The fraction of sp³-hybridized carbons (Fsp3) is 0.348. The van der Waals surface area contributed by atoms with Crippen LogP contribution in [-0.4, -0.2) is 58.6 Å². The molecule has 0 amide bonds. The van der Waals surface area contributed by atoms with Crippen LogP contribution in [0.2, 0.25) is 0 Å². The van der Waals surface area contributed by atoms with Crippen LogP contribution >= 0.6 is 0 Å². The van der Waals surface area contributed by atoms with Crippen LogP contribution in [-0.2, 0) is 16.7 Å². The molecule has 2 heterocycles. The summed E-state index contributed by atoms with van der Waals surface area (Å²) in [5, 5.41) is 13.5. The van der Waals surface area contributed by atoms with Gasteiger partial charge in [0.1, 0.15) is 5.82 Å². The second-order valence-electron chi connectivity index (χ2n) is 8.10. The first-order chi connectivity index (χ1) is 15.3. The molecule has 9 heteroatoms. The summed E-state index contributed by atoms with van der Waals surface area (Å²) in [4.78, 5) is 7.12. The van der Waals surface area contributed by atoms with Crippen molar-refractivity contribution < 1.29 is 8.42 Å². The van der Waals surface area contributed by atoms with Crippen LogP contribution in [0.1, 0.15) is 22.5 Å². The summed E-state index contributed by atoms with van der Waals surface area (Å²) >= 11 is 0. The molecule has 0 bridgehead atoms. The van der Waals surface area contributed by atoms with E-state index >= 15 is 0 Å². The van der Waals surface area contributed by atoms with E-state index in [2.05, 4.69) is 21.1 Å². The van der Waals surface area contributed by atoms with Crippen LogP contribution in [0.4, 0.5) is 0 Å². The molecular weight excluding hydrogens is 424 g/mol. The van der Waals surface area contributed by atoms with Gasteiger partial charge in [0.05, 0.1) is 23.2 Å². The van der Waals surface area contributed by atoms with Gasteiger partial charge in [0.2, 0.25) is 10.0 Å². The molecule has 8 nitrogen and oxygen atoms in total. The molecule has 1 aliphatic heterocycles. The Morgan fingerprint density at radius 2 is 1.69 bits per heavy atom. The molecule has 0 radical (unpaired) electrons. The van der Waals surface area contributed by atoms with Crippen LogP contribution < -0.4 is 0 Å². The van der Waals surface area contributed by atoms with E-state index < -0.39 is 10.0 Å². The van der Waals surface area contributed by atoms with Crippen LogP contribution in [0.3, 0.4) is 0 Å². The molecule has 32 heavy (non-hydrogen) atoms. The zero-order valence-electron chi connectivity index (χ0n) is 18.5. The molecule has 1 saturated heterocycles. The number of nitrogens with zero attached hydrogens (tertiary/aromatic N) is 6. The van der Waals surface area contributed by atoms with Crippen molar-refractivity contribution in [3.05, 3.63) is 65.0 Å². The third kappa shape index (κ3) is 4.43. The highest BCUT2D eigenvalue weighted by Gasteiger charge is 2.30. The van der Waals surface area contributed by atoms with Crippen LogP contribution in [0, 0.1) is 32.1 Å². The third-order valence-electron chi connectivity index (χ3n) is 5.68. The van der Waals surface area contributed by atoms with E-state index in [1.165, 1.54) is 0 Å². The molecule has 2 aromatic carbocycles. The van der Waals surface area contributed by atoms with Crippen molar-refractivity contribution in [1.82, 2.24) is 24.0 Å². The number of piperazine rings is 1. The van der Waals surface area contributed by atoms with Crippen molar-refractivity contribution in [3.8, 4) is 17.5 Å². The zero-order valence-corrected chi connectivity index (χ0v) is 19.3. The summed E-state index contributed by atoms with van der Waals surface area (Å²) in [7, 11) is -3.52. The van der Waals surface area contributed by atoms with E-state index in [1.807, 2.05) is 49.7 Å². The largest absolute Gasteiger partial charge is 0.282 e. The quantitative estimate of drug-likeness (QED) is 0.593. The summed E-state index contributed by atoms with van der Waals surface area (Å²) in [5.74, 6) is 1.40. The molecule has 3 aromatic rings. The average molecular weight is 451 g/mol. The van der Waals surface area contributed by atoms with Crippen molar-refractivity contribution in [2.24, 2.45) is 0 Å². The lowest BCUT2D eigenvalue weighted by atomic mass is 10.1. The van der Waals surface area contributed by atoms with Crippen molar-refractivity contribution in [2.45, 2.75) is 32.3 Å². The standard InChI is InChI=1S/C23H26N6O2S/c1-17-4-5-18(2)22(14-17)32(30,31)28-12-10-27(11-13-28)16-29-23(25-19(3)26-29)21-8-6-20(15-24)7-9-21/h4-9,14H,10-13,16H2,1-3H3. The van der Waals surface area contributed by atoms with Gasteiger partial charge in [-0.05, 0) is 62.2 Å². The number of sulfonamides is 1. The molecule has 0 unspecified atom stereocenters. The first-order valence-corrected chi connectivity index (χ1v) is 11.9. The molecule has 1 aromatic heterocycles. The van der Waals surface area contributed by atoms with E-state index in [9.17, 15) is 8.42 Å². The van der Waals surface area contributed by atoms with E-state index in [-0.39, 0.29) is 0 Å². The summed E-state index contributed by atoms with van der Waals surface area (Å²) in [6, 6.07) is 14.9. The summed E-state index contributed by atoms with van der Waals surface area (Å²) in [6.07, 6.45) is 0. The van der Waals surface area contributed by atoms with Gasteiger partial charge in [0, 0.05) is 31.7 Å². The maximum atomic E-state index is 13.2. The molecular formula is C23H26N6O2S. The van der Waals surface area contributed by atoms with E-state index in [0.717, 1.165) is 22.5 Å². The number of hydrogen-bond acceptors (Lipinski definition) is 6. The lowest BCUT2D eigenvalue weighted by molar-refractivity contribution is 0.146. The fourth-order valence-corrected chi connectivity index (χ4v) is 5.62. The zero-order chi connectivity index (χ0) is 22.9. The van der Waals surface area contributed by atoms with Gasteiger partial charge in [0.15, 0.2) is 5.82 Å². The predicted octanol–water partition coefficient (Wildman–Crippen LogP) is 2.71. The highest BCUT2D eigenvalue weighted by atomic mass is 32.2. The highest BCUT2D eigenvalue weighted by Crippen LogP contribution is 2.23. The number of rotatable bonds is 5. The van der Waals surface area contributed by atoms with Crippen LogP contribution in [0.15, 0.2) is 47.4 Å². The Bertz CT molecular complexity index is 1270. The van der Waals surface area contributed by atoms with Crippen LogP contribution in [0.25, 0.3) is 11.4 Å². The van der Waals surface area contributed by atoms with E-state index in [1.54, 1.807) is 22.5 Å². The van der Waals surface area contributed by atoms with Gasteiger partial charge < -0.3 is 0 Å². The first kappa shape index (κ1) is 22.1. The summed E-state index contributed by atoms with van der Waals surface area (Å²) in [5.41, 5.74) is 3.19. The maximum absolute atomic E-state index is 13.2. The lowest BCUT2D eigenvalue weighted by Gasteiger charge is -2.34. The second-order valence-corrected chi connectivity index (χ2v) is 10.0. The summed E-state index contributed by atoms with van der Waals surface area (Å²) in [6.45, 7) is 8.17. The summed E-state index contributed by atoms with van der Waals surface area (Å²) < 4.78 is 29.8. The van der Waals surface area contributed by atoms with Gasteiger partial charge in [0.25, 0.3) is 0 Å². The Hall–Kier alpha value is -3.06. The minimum atomic E-state index is -3.52. The molecule has 4 rings (SSSR count). The molecule has 1 fully saturated rings. The van der Waals surface area contributed by atoms with Crippen molar-refractivity contribution in [1.29, 1.82) is 5.26 Å². The van der Waals surface area contributed by atoms with Gasteiger partial charge in [-0.2, -0.15) is 14.7 Å². The number of aromatic nitrogens is 3. The number of nitriles is 1. The van der Waals surface area contributed by atoms with Gasteiger partial charge >= 0.3 is 0 Å². The van der Waals surface area contributed by atoms with Gasteiger partial charge in [-0.3, -0.25) is 4.90 Å². The Kier molecular flexibility index (Phi) is 6.11. The molecule has 0 atom stereocenters. The number of aryl methyl sites for hydroxylation is 3. The minimum absolute atomic E-state index is 0.390. The smallest absolute Gasteiger partial charge is 0.243 e.